The third-order valence-corrected chi connectivity index (χ3v) is 3.47. The van der Waals surface area contributed by atoms with Crippen molar-refractivity contribution in [3.8, 4) is 0 Å². The van der Waals surface area contributed by atoms with Gasteiger partial charge in [0, 0.05) is 26.1 Å². The van der Waals surface area contributed by atoms with Gasteiger partial charge >= 0.3 is 0 Å². The van der Waals surface area contributed by atoms with Gasteiger partial charge in [-0.1, -0.05) is 13.8 Å². The monoisotopic (exact) mass is 227 g/mol. The van der Waals surface area contributed by atoms with Gasteiger partial charge in [0.15, 0.2) is 0 Å². The van der Waals surface area contributed by atoms with E-state index in [2.05, 4.69) is 13.8 Å². The second-order valence-electron chi connectivity index (χ2n) is 5.51. The summed E-state index contributed by atoms with van der Waals surface area (Å²) in [5.41, 5.74) is 0. The smallest absolute Gasteiger partial charge is 0.225 e. The Morgan fingerprint density at radius 2 is 1.88 bits per heavy atom. The van der Waals surface area contributed by atoms with Crippen LogP contribution in [0.1, 0.15) is 39.5 Å². The van der Waals surface area contributed by atoms with Crippen molar-refractivity contribution in [1.82, 2.24) is 4.90 Å². The van der Waals surface area contributed by atoms with Crippen LogP contribution < -0.4 is 0 Å². The Kier molecular flexibility index (Phi) is 5.26. The Balaban J connectivity index is 2.38. The third kappa shape index (κ3) is 3.78. The Morgan fingerprint density at radius 1 is 1.31 bits per heavy atom. The van der Waals surface area contributed by atoms with E-state index in [1.165, 1.54) is 0 Å². The highest BCUT2D eigenvalue weighted by molar-refractivity contribution is 5.78. The van der Waals surface area contributed by atoms with Crippen LogP contribution in [0.25, 0.3) is 0 Å². The van der Waals surface area contributed by atoms with Crippen molar-refractivity contribution in [3.63, 3.8) is 0 Å². The van der Waals surface area contributed by atoms with Gasteiger partial charge in [-0.25, -0.2) is 0 Å². The number of aliphatic hydroxyl groups excluding tert-OH is 1. The van der Waals surface area contributed by atoms with E-state index in [-0.39, 0.29) is 12.5 Å². The zero-order chi connectivity index (χ0) is 12.1. The van der Waals surface area contributed by atoms with Gasteiger partial charge in [0.05, 0.1) is 0 Å². The standard InChI is InChI=1S/C13H25NO2/c1-10(2)8-14(3)13(16)12-6-4-11(9-15)5-7-12/h10-12,15H,4-9H2,1-3H3. The van der Waals surface area contributed by atoms with E-state index in [0.29, 0.717) is 17.7 Å². The number of hydrogen-bond acceptors (Lipinski definition) is 2. The van der Waals surface area contributed by atoms with Crippen LogP contribution in [0.3, 0.4) is 0 Å². The van der Waals surface area contributed by atoms with Crippen molar-refractivity contribution in [3.05, 3.63) is 0 Å². The van der Waals surface area contributed by atoms with Crippen LogP contribution in [0.2, 0.25) is 0 Å². The van der Waals surface area contributed by atoms with Crippen molar-refractivity contribution < 1.29 is 9.90 Å². The predicted molar refractivity (Wildman–Crippen MR) is 65.0 cm³/mol. The van der Waals surface area contributed by atoms with E-state index in [1.54, 1.807) is 0 Å². The van der Waals surface area contributed by atoms with Gasteiger partial charge in [0.25, 0.3) is 0 Å². The highest BCUT2D eigenvalue weighted by Gasteiger charge is 2.27. The molecule has 0 aliphatic heterocycles. The number of amides is 1. The first-order chi connectivity index (χ1) is 7.54. The molecule has 0 spiro atoms. The number of aliphatic hydroxyl groups is 1. The minimum absolute atomic E-state index is 0.201. The predicted octanol–water partition coefficient (Wildman–Crippen LogP) is 1.90. The quantitative estimate of drug-likeness (QED) is 0.797. The molecule has 0 aromatic carbocycles. The average molecular weight is 227 g/mol. The lowest BCUT2D eigenvalue weighted by Crippen LogP contribution is -2.37. The Bertz CT molecular complexity index is 220. The number of hydrogen-bond donors (Lipinski definition) is 1. The SMILES string of the molecule is CC(C)CN(C)C(=O)C1CCC(CO)CC1. The van der Waals surface area contributed by atoms with Crippen molar-refractivity contribution >= 4 is 5.91 Å². The highest BCUT2D eigenvalue weighted by Crippen LogP contribution is 2.29. The summed E-state index contributed by atoms with van der Waals surface area (Å²) in [6.07, 6.45) is 3.91. The third-order valence-electron chi connectivity index (χ3n) is 3.47. The van der Waals surface area contributed by atoms with E-state index in [9.17, 15) is 4.79 Å². The number of nitrogens with zero attached hydrogens (tertiary/aromatic N) is 1. The first-order valence-corrected chi connectivity index (χ1v) is 6.40. The lowest BCUT2D eigenvalue weighted by Gasteiger charge is -2.30. The van der Waals surface area contributed by atoms with Crippen LogP contribution in [0.5, 0.6) is 0 Å². The van der Waals surface area contributed by atoms with Crippen molar-refractivity contribution in [1.29, 1.82) is 0 Å². The summed E-state index contributed by atoms with van der Waals surface area (Å²) in [5, 5.41) is 9.05. The lowest BCUT2D eigenvalue weighted by atomic mass is 9.82. The van der Waals surface area contributed by atoms with E-state index in [4.69, 9.17) is 5.11 Å². The summed E-state index contributed by atoms with van der Waals surface area (Å²) in [5.74, 6) is 1.46. The van der Waals surface area contributed by atoms with E-state index < -0.39 is 0 Å². The first-order valence-electron chi connectivity index (χ1n) is 6.40. The molecule has 94 valence electrons. The lowest BCUT2D eigenvalue weighted by molar-refractivity contribution is -0.136. The minimum Gasteiger partial charge on any atom is -0.396 e. The number of carbonyl (C=O) groups is 1. The van der Waals surface area contributed by atoms with Crippen LogP contribution in [0.4, 0.5) is 0 Å². The zero-order valence-electron chi connectivity index (χ0n) is 10.8. The molecule has 0 atom stereocenters. The average Bonchev–Trinajstić information content (AvgIpc) is 2.27. The summed E-state index contributed by atoms with van der Waals surface area (Å²) < 4.78 is 0. The maximum absolute atomic E-state index is 12.1. The number of rotatable bonds is 4. The Hall–Kier alpha value is -0.570. The molecule has 0 radical (unpaired) electrons. The van der Waals surface area contributed by atoms with Crippen molar-refractivity contribution in [2.24, 2.45) is 17.8 Å². The highest BCUT2D eigenvalue weighted by atomic mass is 16.3. The molecular formula is C13H25NO2. The van der Waals surface area contributed by atoms with Gasteiger partial charge in [0.2, 0.25) is 5.91 Å². The van der Waals surface area contributed by atoms with Crippen LogP contribution >= 0.6 is 0 Å². The van der Waals surface area contributed by atoms with Gasteiger partial charge in [-0.2, -0.15) is 0 Å². The molecule has 1 saturated carbocycles. The van der Waals surface area contributed by atoms with E-state index in [0.717, 1.165) is 32.2 Å². The van der Waals surface area contributed by atoms with Crippen molar-refractivity contribution in [2.75, 3.05) is 20.2 Å². The van der Waals surface area contributed by atoms with Gasteiger partial charge in [-0.3, -0.25) is 4.79 Å². The van der Waals surface area contributed by atoms with Gasteiger partial charge in [-0.15, -0.1) is 0 Å². The topological polar surface area (TPSA) is 40.5 Å². The largest absolute Gasteiger partial charge is 0.396 e. The van der Waals surface area contributed by atoms with Crippen LogP contribution in [0, 0.1) is 17.8 Å². The second-order valence-corrected chi connectivity index (χ2v) is 5.51. The molecule has 3 nitrogen and oxygen atoms in total. The molecular weight excluding hydrogens is 202 g/mol. The van der Waals surface area contributed by atoms with Crippen LogP contribution in [0.15, 0.2) is 0 Å². The fourth-order valence-electron chi connectivity index (χ4n) is 2.54. The zero-order valence-corrected chi connectivity index (χ0v) is 10.8. The second kappa shape index (κ2) is 6.24. The molecule has 1 aliphatic rings. The van der Waals surface area contributed by atoms with Crippen molar-refractivity contribution in [2.45, 2.75) is 39.5 Å². The maximum atomic E-state index is 12.1. The molecule has 1 rings (SSSR count). The molecule has 0 bridgehead atoms. The fraction of sp³-hybridized carbons (Fsp3) is 0.923. The molecule has 1 fully saturated rings. The molecule has 1 amide bonds. The normalized spacial score (nSPS) is 25.8. The van der Waals surface area contributed by atoms with Crippen LogP contribution in [-0.4, -0.2) is 36.1 Å². The first kappa shape index (κ1) is 13.5. The summed E-state index contributed by atoms with van der Waals surface area (Å²) in [4.78, 5) is 14.0. The molecule has 0 unspecified atom stereocenters. The molecule has 0 saturated heterocycles. The molecule has 1 N–H and O–H groups in total. The Morgan fingerprint density at radius 3 is 2.31 bits per heavy atom. The van der Waals surface area contributed by atoms with E-state index in [1.807, 2.05) is 11.9 Å². The molecule has 0 aromatic rings. The number of carbonyl (C=O) groups excluding carboxylic acids is 1. The molecule has 0 heterocycles. The molecule has 0 aromatic heterocycles. The fourth-order valence-corrected chi connectivity index (χ4v) is 2.54. The van der Waals surface area contributed by atoms with E-state index >= 15 is 0 Å². The summed E-state index contributed by atoms with van der Waals surface area (Å²) >= 11 is 0. The molecule has 3 heteroatoms. The maximum Gasteiger partial charge on any atom is 0.225 e. The summed E-state index contributed by atoms with van der Waals surface area (Å²) in [6.45, 7) is 5.39. The summed E-state index contributed by atoms with van der Waals surface area (Å²) in [6, 6.07) is 0. The van der Waals surface area contributed by atoms with Gasteiger partial charge in [0.1, 0.15) is 0 Å². The van der Waals surface area contributed by atoms with Gasteiger partial charge < -0.3 is 10.0 Å². The summed E-state index contributed by atoms with van der Waals surface area (Å²) in [7, 11) is 1.90. The molecule has 1 aliphatic carbocycles. The van der Waals surface area contributed by atoms with Gasteiger partial charge in [-0.05, 0) is 37.5 Å². The minimum atomic E-state index is 0.201. The van der Waals surface area contributed by atoms with Crippen LogP contribution in [-0.2, 0) is 4.79 Å². The Labute approximate surface area is 98.8 Å². The molecule has 16 heavy (non-hydrogen) atoms.